The molecule has 0 bridgehead atoms. The lowest BCUT2D eigenvalue weighted by atomic mass is 10.2. The number of aromatic nitrogens is 2. The second-order valence-electron chi connectivity index (χ2n) is 6.43. The summed E-state index contributed by atoms with van der Waals surface area (Å²) in [6.45, 7) is 4.73. The lowest BCUT2D eigenvalue weighted by Gasteiger charge is -2.19. The van der Waals surface area contributed by atoms with Crippen molar-refractivity contribution in [3.05, 3.63) is 77.5 Å². The van der Waals surface area contributed by atoms with Gasteiger partial charge in [0.1, 0.15) is 5.82 Å². The topological polar surface area (TPSA) is 67.3 Å². The molecule has 0 spiro atoms. The molecule has 0 radical (unpaired) electrons. The first-order valence-corrected chi connectivity index (χ1v) is 9.20. The fourth-order valence-electron chi connectivity index (χ4n) is 2.83. The number of benzene rings is 2. The minimum Gasteiger partial charge on any atom is -0.462 e. The van der Waals surface area contributed by atoms with Gasteiger partial charge in [0, 0.05) is 25.4 Å². The summed E-state index contributed by atoms with van der Waals surface area (Å²) in [5.41, 5.74) is 3.13. The summed E-state index contributed by atoms with van der Waals surface area (Å²) in [5.74, 6) is 0.872. The number of nitrogens with one attached hydrogen (secondary N) is 1. The number of nitrogens with zero attached hydrogens (tertiary/aromatic N) is 3. The van der Waals surface area contributed by atoms with Crippen LogP contribution >= 0.6 is 0 Å². The van der Waals surface area contributed by atoms with Crippen LogP contribution in [-0.2, 0) is 11.3 Å². The van der Waals surface area contributed by atoms with Gasteiger partial charge in [0.2, 0.25) is 5.95 Å². The van der Waals surface area contributed by atoms with E-state index in [0.29, 0.717) is 36.2 Å². The second-order valence-corrected chi connectivity index (χ2v) is 6.43. The zero-order valence-corrected chi connectivity index (χ0v) is 16.3. The Morgan fingerprint density at radius 3 is 2.54 bits per heavy atom. The summed E-state index contributed by atoms with van der Waals surface area (Å²) >= 11 is 0. The molecule has 28 heavy (non-hydrogen) atoms. The van der Waals surface area contributed by atoms with Crippen LogP contribution in [0.5, 0.6) is 0 Å². The Labute approximate surface area is 165 Å². The van der Waals surface area contributed by atoms with Crippen LogP contribution in [0.1, 0.15) is 28.5 Å². The highest BCUT2D eigenvalue weighted by Crippen LogP contribution is 2.22. The molecule has 144 valence electrons. The van der Waals surface area contributed by atoms with Gasteiger partial charge in [-0.15, -0.1) is 0 Å². The molecule has 0 saturated carbocycles. The number of hydrogen-bond donors (Lipinski definition) is 1. The van der Waals surface area contributed by atoms with Crippen molar-refractivity contribution in [1.82, 2.24) is 9.97 Å². The lowest BCUT2D eigenvalue weighted by Crippen LogP contribution is -2.20. The van der Waals surface area contributed by atoms with Crippen LogP contribution in [-0.4, -0.2) is 29.6 Å². The Bertz CT molecular complexity index is 944. The summed E-state index contributed by atoms with van der Waals surface area (Å²) in [4.78, 5) is 23.4. The normalized spacial score (nSPS) is 10.4. The quantitative estimate of drug-likeness (QED) is 0.619. The summed E-state index contributed by atoms with van der Waals surface area (Å²) in [6, 6.07) is 19.2. The second kappa shape index (κ2) is 8.99. The standard InChI is InChI=1S/C22H24N4O2/c1-4-28-21(27)18-12-8-9-13-19(18)24-20-14-16(2)23-22(25-20)26(3)15-17-10-6-5-7-11-17/h5-14H,4,15H2,1-3H3,(H,23,24,25). The van der Waals surface area contributed by atoms with Crippen molar-refractivity contribution in [3.8, 4) is 0 Å². The van der Waals surface area contributed by atoms with E-state index >= 15 is 0 Å². The van der Waals surface area contributed by atoms with E-state index < -0.39 is 0 Å². The molecule has 0 aliphatic heterocycles. The van der Waals surface area contributed by atoms with Crippen molar-refractivity contribution < 1.29 is 9.53 Å². The number of anilines is 3. The van der Waals surface area contributed by atoms with Crippen molar-refractivity contribution in [1.29, 1.82) is 0 Å². The molecule has 0 atom stereocenters. The van der Waals surface area contributed by atoms with E-state index in [1.54, 1.807) is 13.0 Å². The molecule has 3 rings (SSSR count). The summed E-state index contributed by atoms with van der Waals surface area (Å²) < 4.78 is 5.14. The molecule has 0 saturated heterocycles. The summed E-state index contributed by atoms with van der Waals surface area (Å²) in [5, 5.41) is 3.23. The van der Waals surface area contributed by atoms with E-state index in [1.165, 1.54) is 5.56 Å². The molecule has 6 nitrogen and oxygen atoms in total. The number of ether oxygens (including phenoxy) is 1. The van der Waals surface area contributed by atoms with Crippen LogP contribution in [0.15, 0.2) is 60.7 Å². The third-order valence-electron chi connectivity index (χ3n) is 4.13. The van der Waals surface area contributed by atoms with Crippen LogP contribution in [0.4, 0.5) is 17.5 Å². The SMILES string of the molecule is CCOC(=O)c1ccccc1Nc1cc(C)nc(N(C)Cc2ccccc2)n1. The predicted molar refractivity (Wildman–Crippen MR) is 111 cm³/mol. The largest absolute Gasteiger partial charge is 0.462 e. The minimum atomic E-state index is -0.363. The molecular formula is C22H24N4O2. The highest BCUT2D eigenvalue weighted by atomic mass is 16.5. The minimum absolute atomic E-state index is 0.328. The van der Waals surface area contributed by atoms with E-state index in [2.05, 4.69) is 27.4 Å². The van der Waals surface area contributed by atoms with E-state index in [0.717, 1.165) is 5.69 Å². The molecule has 1 heterocycles. The average Bonchev–Trinajstić information content (AvgIpc) is 2.69. The number of para-hydroxylation sites is 1. The number of aryl methyl sites for hydroxylation is 1. The van der Waals surface area contributed by atoms with E-state index in [1.807, 2.05) is 61.3 Å². The van der Waals surface area contributed by atoms with Crippen molar-refractivity contribution >= 4 is 23.4 Å². The van der Waals surface area contributed by atoms with Gasteiger partial charge in [-0.3, -0.25) is 0 Å². The maximum Gasteiger partial charge on any atom is 0.340 e. The Morgan fingerprint density at radius 1 is 1.07 bits per heavy atom. The Morgan fingerprint density at radius 2 is 1.79 bits per heavy atom. The lowest BCUT2D eigenvalue weighted by molar-refractivity contribution is 0.0527. The Hall–Kier alpha value is -3.41. The maximum absolute atomic E-state index is 12.2. The number of carbonyl (C=O) groups excluding carboxylic acids is 1. The van der Waals surface area contributed by atoms with E-state index in [9.17, 15) is 4.79 Å². The Kier molecular flexibility index (Phi) is 6.22. The molecule has 0 fully saturated rings. The average molecular weight is 376 g/mol. The first-order valence-electron chi connectivity index (χ1n) is 9.20. The fourth-order valence-corrected chi connectivity index (χ4v) is 2.83. The first-order chi connectivity index (χ1) is 13.6. The van der Waals surface area contributed by atoms with Gasteiger partial charge in [-0.05, 0) is 31.5 Å². The number of carbonyl (C=O) groups is 1. The molecule has 2 aromatic carbocycles. The fraction of sp³-hybridized carbons (Fsp3) is 0.227. The third kappa shape index (κ3) is 4.85. The van der Waals surface area contributed by atoms with Gasteiger partial charge in [-0.25, -0.2) is 9.78 Å². The summed E-state index contributed by atoms with van der Waals surface area (Å²) in [6.07, 6.45) is 0. The van der Waals surface area contributed by atoms with Crippen LogP contribution in [0, 0.1) is 6.92 Å². The molecule has 0 amide bonds. The first kappa shape index (κ1) is 19.4. The van der Waals surface area contributed by atoms with Gasteiger partial charge < -0.3 is 15.0 Å². The number of esters is 1. The molecule has 0 aliphatic rings. The zero-order chi connectivity index (χ0) is 19.9. The molecule has 3 aromatic rings. The predicted octanol–water partition coefficient (Wildman–Crippen LogP) is 4.34. The van der Waals surface area contributed by atoms with Gasteiger partial charge in [-0.1, -0.05) is 42.5 Å². The van der Waals surface area contributed by atoms with Gasteiger partial charge in [0.25, 0.3) is 0 Å². The van der Waals surface area contributed by atoms with Crippen LogP contribution < -0.4 is 10.2 Å². The van der Waals surface area contributed by atoms with Crippen molar-refractivity contribution in [2.45, 2.75) is 20.4 Å². The maximum atomic E-state index is 12.2. The van der Waals surface area contributed by atoms with E-state index in [-0.39, 0.29) is 5.97 Å². The van der Waals surface area contributed by atoms with Gasteiger partial charge in [0.05, 0.1) is 17.9 Å². The monoisotopic (exact) mass is 376 g/mol. The molecule has 1 aromatic heterocycles. The molecule has 6 heteroatoms. The van der Waals surface area contributed by atoms with Crippen molar-refractivity contribution in [2.24, 2.45) is 0 Å². The third-order valence-corrected chi connectivity index (χ3v) is 4.13. The highest BCUT2D eigenvalue weighted by Gasteiger charge is 2.14. The molecule has 0 unspecified atom stereocenters. The van der Waals surface area contributed by atoms with Gasteiger partial charge in [0.15, 0.2) is 0 Å². The van der Waals surface area contributed by atoms with Gasteiger partial charge in [-0.2, -0.15) is 4.98 Å². The zero-order valence-electron chi connectivity index (χ0n) is 16.3. The summed E-state index contributed by atoms with van der Waals surface area (Å²) in [7, 11) is 1.96. The number of rotatable bonds is 7. The highest BCUT2D eigenvalue weighted by molar-refractivity contribution is 5.96. The molecule has 0 aliphatic carbocycles. The molecule has 1 N–H and O–H groups in total. The number of hydrogen-bond acceptors (Lipinski definition) is 6. The van der Waals surface area contributed by atoms with Crippen molar-refractivity contribution in [3.63, 3.8) is 0 Å². The van der Waals surface area contributed by atoms with Crippen LogP contribution in [0.25, 0.3) is 0 Å². The van der Waals surface area contributed by atoms with Crippen LogP contribution in [0.3, 0.4) is 0 Å². The van der Waals surface area contributed by atoms with E-state index in [4.69, 9.17) is 4.74 Å². The smallest absolute Gasteiger partial charge is 0.340 e. The van der Waals surface area contributed by atoms with Crippen LogP contribution in [0.2, 0.25) is 0 Å². The molecular weight excluding hydrogens is 352 g/mol. The van der Waals surface area contributed by atoms with Gasteiger partial charge >= 0.3 is 5.97 Å². The van der Waals surface area contributed by atoms with Crippen molar-refractivity contribution in [2.75, 3.05) is 23.9 Å². The Balaban J connectivity index is 1.84.